The number of carbonyl (C=O) groups excluding carboxylic acids is 1. The van der Waals surface area contributed by atoms with E-state index in [-0.39, 0.29) is 6.61 Å². The lowest BCUT2D eigenvalue weighted by Gasteiger charge is -2.36. The molecule has 0 amide bonds. The van der Waals surface area contributed by atoms with E-state index in [1.165, 1.54) is 0 Å². The molecule has 1 aromatic carbocycles. The molecule has 1 atom stereocenters. The van der Waals surface area contributed by atoms with Gasteiger partial charge < -0.3 is 19.3 Å². The fraction of sp³-hybridized carbons (Fsp3) is 0.591. The van der Waals surface area contributed by atoms with Crippen molar-refractivity contribution >= 4 is 6.16 Å². The van der Waals surface area contributed by atoms with Gasteiger partial charge in [-0.1, -0.05) is 6.08 Å². The summed E-state index contributed by atoms with van der Waals surface area (Å²) in [6.07, 6.45) is 5.55. The molecule has 1 heterocycles. The number of carbonyl (C=O) groups is 1. The number of hydrogen-bond acceptors (Lipinski definition) is 5. The van der Waals surface area contributed by atoms with Gasteiger partial charge in [-0.25, -0.2) is 4.79 Å². The molecule has 0 aromatic heterocycles. The van der Waals surface area contributed by atoms with Crippen LogP contribution in [-0.2, 0) is 11.2 Å². The summed E-state index contributed by atoms with van der Waals surface area (Å²) in [5, 5.41) is 8.98. The number of fused-ring (bicyclic) bond motifs is 1. The Bertz CT molecular complexity index is 742. The molecule has 5 heteroatoms. The zero-order chi connectivity index (χ0) is 20.4. The molecule has 0 radical (unpaired) electrons. The summed E-state index contributed by atoms with van der Waals surface area (Å²) in [6, 6.07) is 0. The molecule has 0 spiro atoms. The van der Waals surface area contributed by atoms with Crippen molar-refractivity contribution in [3.05, 3.63) is 34.4 Å². The molecule has 0 aliphatic carbocycles. The average Bonchev–Trinajstić information content (AvgIpc) is 2.55. The SMILES string of the molecule is Cc1c(C)c2c(c(C)c1OC(=O)OC(C)(C)C)CCC(C)(C=CCCO)O2. The topological polar surface area (TPSA) is 65.0 Å². The Labute approximate surface area is 162 Å². The second-order valence-electron chi connectivity index (χ2n) is 8.41. The predicted octanol–water partition coefficient (Wildman–Crippen LogP) is 4.95. The second-order valence-corrected chi connectivity index (χ2v) is 8.41. The van der Waals surface area contributed by atoms with Gasteiger partial charge in [0.05, 0.1) is 0 Å². The molecular weight excluding hydrogens is 344 g/mol. The van der Waals surface area contributed by atoms with Crippen LogP contribution in [0.15, 0.2) is 12.2 Å². The maximum Gasteiger partial charge on any atom is 0.514 e. The summed E-state index contributed by atoms with van der Waals surface area (Å²) in [5.74, 6) is 1.42. The van der Waals surface area contributed by atoms with Crippen molar-refractivity contribution in [2.75, 3.05) is 6.61 Å². The van der Waals surface area contributed by atoms with Gasteiger partial charge in [0.15, 0.2) is 0 Å². The van der Waals surface area contributed by atoms with Gasteiger partial charge in [0.25, 0.3) is 0 Å². The Morgan fingerprint density at radius 1 is 1.22 bits per heavy atom. The fourth-order valence-electron chi connectivity index (χ4n) is 3.28. The minimum absolute atomic E-state index is 0.131. The summed E-state index contributed by atoms with van der Waals surface area (Å²) in [7, 11) is 0. The van der Waals surface area contributed by atoms with E-state index in [9.17, 15) is 4.79 Å². The Morgan fingerprint density at radius 3 is 2.48 bits per heavy atom. The van der Waals surface area contributed by atoms with Gasteiger partial charge in [0.1, 0.15) is 22.7 Å². The lowest BCUT2D eigenvalue weighted by atomic mass is 9.87. The van der Waals surface area contributed by atoms with E-state index >= 15 is 0 Å². The number of ether oxygens (including phenoxy) is 3. The van der Waals surface area contributed by atoms with Crippen molar-refractivity contribution in [3.8, 4) is 11.5 Å². The van der Waals surface area contributed by atoms with Crippen molar-refractivity contribution in [2.45, 2.75) is 78.9 Å². The largest absolute Gasteiger partial charge is 0.514 e. The highest BCUT2D eigenvalue weighted by molar-refractivity contribution is 5.68. The number of hydrogen-bond donors (Lipinski definition) is 1. The minimum Gasteiger partial charge on any atom is -0.483 e. The van der Waals surface area contributed by atoms with Gasteiger partial charge in [-0.3, -0.25) is 0 Å². The van der Waals surface area contributed by atoms with Crippen molar-refractivity contribution in [1.82, 2.24) is 0 Å². The van der Waals surface area contributed by atoms with Gasteiger partial charge in [-0.15, -0.1) is 0 Å². The van der Waals surface area contributed by atoms with Crippen LogP contribution < -0.4 is 9.47 Å². The van der Waals surface area contributed by atoms with Crippen molar-refractivity contribution in [3.63, 3.8) is 0 Å². The molecule has 0 saturated carbocycles. The average molecular weight is 376 g/mol. The van der Waals surface area contributed by atoms with E-state index < -0.39 is 17.4 Å². The monoisotopic (exact) mass is 376 g/mol. The first kappa shape index (κ1) is 21.3. The van der Waals surface area contributed by atoms with Crippen LogP contribution in [0, 0.1) is 20.8 Å². The molecular formula is C22H32O5. The summed E-state index contributed by atoms with van der Waals surface area (Å²) in [6.45, 7) is 13.5. The Balaban J connectivity index is 2.35. The quantitative estimate of drug-likeness (QED) is 0.458. The molecule has 1 N–H and O–H groups in total. The fourth-order valence-corrected chi connectivity index (χ4v) is 3.28. The van der Waals surface area contributed by atoms with Crippen LogP contribution in [0.3, 0.4) is 0 Å². The predicted molar refractivity (Wildman–Crippen MR) is 106 cm³/mol. The van der Waals surface area contributed by atoms with Gasteiger partial charge in [0.2, 0.25) is 0 Å². The van der Waals surface area contributed by atoms with E-state index in [4.69, 9.17) is 19.3 Å². The third-order valence-corrected chi connectivity index (χ3v) is 4.86. The molecule has 1 aliphatic heterocycles. The summed E-state index contributed by atoms with van der Waals surface area (Å²) < 4.78 is 17.2. The zero-order valence-corrected chi connectivity index (χ0v) is 17.6. The van der Waals surface area contributed by atoms with Crippen LogP contribution in [0.1, 0.15) is 62.8 Å². The molecule has 1 aromatic rings. The van der Waals surface area contributed by atoms with E-state index in [1.807, 2.05) is 53.7 Å². The van der Waals surface area contributed by atoms with Crippen LogP contribution in [0.2, 0.25) is 0 Å². The van der Waals surface area contributed by atoms with Crippen molar-refractivity contribution in [2.24, 2.45) is 0 Å². The highest BCUT2D eigenvalue weighted by Crippen LogP contribution is 2.44. The molecule has 27 heavy (non-hydrogen) atoms. The lowest BCUT2D eigenvalue weighted by Crippen LogP contribution is -2.35. The molecule has 2 rings (SSSR count). The standard InChI is InChI=1S/C22H32O5/c1-14-15(2)19-17(10-12-22(7,26-19)11-8-9-13-23)16(3)18(14)25-20(24)27-21(4,5)6/h8,11,23H,9-10,12-13H2,1-7H3. The molecule has 0 saturated heterocycles. The van der Waals surface area contributed by atoms with Crippen LogP contribution in [0.25, 0.3) is 0 Å². The maximum atomic E-state index is 12.2. The lowest BCUT2D eigenvalue weighted by molar-refractivity contribution is 0.0201. The van der Waals surface area contributed by atoms with Crippen LogP contribution in [0.5, 0.6) is 11.5 Å². The molecule has 1 unspecified atom stereocenters. The number of aliphatic hydroxyl groups excluding tert-OH is 1. The Kier molecular flexibility index (Phi) is 6.25. The van der Waals surface area contributed by atoms with Crippen molar-refractivity contribution in [1.29, 1.82) is 0 Å². The zero-order valence-electron chi connectivity index (χ0n) is 17.6. The number of aliphatic hydroxyl groups is 1. The molecule has 150 valence electrons. The van der Waals surface area contributed by atoms with Crippen LogP contribution in [-0.4, -0.2) is 29.1 Å². The van der Waals surface area contributed by atoms with Crippen molar-refractivity contribution < 1.29 is 24.1 Å². The van der Waals surface area contributed by atoms with Gasteiger partial charge in [-0.2, -0.15) is 0 Å². The number of rotatable bonds is 4. The smallest absolute Gasteiger partial charge is 0.483 e. The first-order valence-corrected chi connectivity index (χ1v) is 9.48. The third-order valence-electron chi connectivity index (χ3n) is 4.86. The second kappa shape index (κ2) is 7.93. The first-order valence-electron chi connectivity index (χ1n) is 9.48. The van der Waals surface area contributed by atoms with E-state index in [1.54, 1.807) is 0 Å². The highest BCUT2D eigenvalue weighted by Gasteiger charge is 2.33. The molecule has 1 aliphatic rings. The van der Waals surface area contributed by atoms with Gasteiger partial charge in [-0.05, 0) is 90.5 Å². The first-order chi connectivity index (χ1) is 12.5. The third kappa shape index (κ3) is 5.04. The van der Waals surface area contributed by atoms with Gasteiger partial charge >= 0.3 is 6.16 Å². The summed E-state index contributed by atoms with van der Waals surface area (Å²) in [4.78, 5) is 12.2. The summed E-state index contributed by atoms with van der Waals surface area (Å²) in [5.41, 5.74) is 2.83. The molecule has 5 nitrogen and oxygen atoms in total. The summed E-state index contributed by atoms with van der Waals surface area (Å²) >= 11 is 0. The normalized spacial score (nSPS) is 19.6. The Hall–Kier alpha value is -2.01. The van der Waals surface area contributed by atoms with E-state index in [0.29, 0.717) is 12.2 Å². The van der Waals surface area contributed by atoms with Gasteiger partial charge in [0, 0.05) is 12.2 Å². The van der Waals surface area contributed by atoms with Crippen LogP contribution >= 0.6 is 0 Å². The van der Waals surface area contributed by atoms with E-state index in [2.05, 4.69) is 6.92 Å². The van der Waals surface area contributed by atoms with Crippen LogP contribution in [0.4, 0.5) is 4.79 Å². The molecule has 0 fully saturated rings. The van der Waals surface area contributed by atoms with E-state index in [0.717, 1.165) is 40.8 Å². The maximum absolute atomic E-state index is 12.2. The minimum atomic E-state index is -0.693. The molecule has 0 bridgehead atoms. The Morgan fingerprint density at radius 2 is 1.89 bits per heavy atom. The highest BCUT2D eigenvalue weighted by atomic mass is 16.7. The number of benzene rings is 1.